The minimum absolute atomic E-state index is 0.131. The molecular formula is C13H26N2OS. The van der Waals surface area contributed by atoms with Gasteiger partial charge in [0.15, 0.2) is 0 Å². The number of carbonyl (C=O) groups is 1. The molecule has 0 aromatic rings. The first-order valence-corrected chi connectivity index (χ1v) is 7.72. The lowest BCUT2D eigenvalue weighted by Gasteiger charge is -2.26. The number of nitrogens with one attached hydrogen (secondary N) is 2. The zero-order valence-corrected chi connectivity index (χ0v) is 12.3. The van der Waals surface area contributed by atoms with E-state index in [-0.39, 0.29) is 5.91 Å². The van der Waals surface area contributed by atoms with Gasteiger partial charge in [-0.1, -0.05) is 13.8 Å². The average Bonchev–Trinajstić information content (AvgIpc) is 2.66. The summed E-state index contributed by atoms with van der Waals surface area (Å²) in [6.07, 6.45) is 3.50. The maximum Gasteiger partial charge on any atom is 0.239 e. The van der Waals surface area contributed by atoms with Gasteiger partial charge >= 0.3 is 0 Å². The SMILES string of the molecule is CCNC(C)(C)C(=O)NC1CCC(SCC)C1. The zero-order chi connectivity index (χ0) is 12.9. The van der Waals surface area contributed by atoms with E-state index in [1.54, 1.807) is 0 Å². The molecular weight excluding hydrogens is 232 g/mol. The van der Waals surface area contributed by atoms with Gasteiger partial charge in [-0.3, -0.25) is 4.79 Å². The molecule has 17 heavy (non-hydrogen) atoms. The summed E-state index contributed by atoms with van der Waals surface area (Å²) in [6.45, 7) is 8.93. The molecule has 2 unspecified atom stereocenters. The predicted octanol–water partition coefficient (Wildman–Crippen LogP) is 2.16. The van der Waals surface area contributed by atoms with Crippen LogP contribution in [0.2, 0.25) is 0 Å². The van der Waals surface area contributed by atoms with E-state index in [2.05, 4.69) is 17.6 Å². The van der Waals surface area contributed by atoms with Crippen LogP contribution in [0, 0.1) is 0 Å². The van der Waals surface area contributed by atoms with Crippen molar-refractivity contribution < 1.29 is 4.79 Å². The summed E-state index contributed by atoms with van der Waals surface area (Å²) < 4.78 is 0. The summed E-state index contributed by atoms with van der Waals surface area (Å²) in [4.78, 5) is 12.1. The molecule has 0 saturated heterocycles. The van der Waals surface area contributed by atoms with Crippen molar-refractivity contribution in [2.24, 2.45) is 0 Å². The molecule has 4 heteroatoms. The summed E-state index contributed by atoms with van der Waals surface area (Å²) in [5.74, 6) is 1.31. The summed E-state index contributed by atoms with van der Waals surface area (Å²) in [7, 11) is 0. The smallest absolute Gasteiger partial charge is 0.239 e. The Kier molecular flexibility index (Phi) is 5.80. The number of likely N-dealkylation sites (N-methyl/N-ethyl adjacent to an activating group) is 1. The molecule has 0 radical (unpaired) electrons. The van der Waals surface area contributed by atoms with E-state index in [9.17, 15) is 4.79 Å². The van der Waals surface area contributed by atoms with Crippen LogP contribution in [-0.2, 0) is 4.79 Å². The minimum atomic E-state index is -0.454. The first kappa shape index (κ1) is 14.8. The second-order valence-electron chi connectivity index (χ2n) is 5.22. The molecule has 1 aliphatic carbocycles. The molecule has 1 fully saturated rings. The van der Waals surface area contributed by atoms with E-state index >= 15 is 0 Å². The van der Waals surface area contributed by atoms with Crippen LogP contribution in [0.25, 0.3) is 0 Å². The zero-order valence-electron chi connectivity index (χ0n) is 11.5. The molecule has 0 heterocycles. The number of amides is 1. The van der Waals surface area contributed by atoms with E-state index in [4.69, 9.17) is 0 Å². The molecule has 0 aliphatic heterocycles. The molecule has 1 rings (SSSR count). The van der Waals surface area contributed by atoms with Crippen LogP contribution < -0.4 is 10.6 Å². The Balaban J connectivity index is 2.37. The van der Waals surface area contributed by atoms with Gasteiger partial charge in [0.05, 0.1) is 5.54 Å². The Morgan fingerprint density at radius 3 is 2.65 bits per heavy atom. The Morgan fingerprint density at radius 1 is 1.35 bits per heavy atom. The van der Waals surface area contributed by atoms with Crippen molar-refractivity contribution in [1.82, 2.24) is 10.6 Å². The normalized spacial score (nSPS) is 24.9. The monoisotopic (exact) mass is 258 g/mol. The fourth-order valence-electron chi connectivity index (χ4n) is 2.35. The van der Waals surface area contributed by atoms with Crippen molar-refractivity contribution in [3.05, 3.63) is 0 Å². The van der Waals surface area contributed by atoms with Crippen LogP contribution in [0.4, 0.5) is 0 Å². The highest BCUT2D eigenvalue weighted by Gasteiger charge is 2.31. The summed E-state index contributed by atoms with van der Waals surface area (Å²) in [6, 6.07) is 0.379. The molecule has 3 nitrogen and oxygen atoms in total. The quantitative estimate of drug-likeness (QED) is 0.767. The molecule has 1 amide bonds. The first-order valence-electron chi connectivity index (χ1n) is 6.67. The van der Waals surface area contributed by atoms with Crippen molar-refractivity contribution in [3.8, 4) is 0 Å². The van der Waals surface area contributed by atoms with Crippen molar-refractivity contribution in [2.45, 2.75) is 63.8 Å². The highest BCUT2D eigenvalue weighted by Crippen LogP contribution is 2.29. The van der Waals surface area contributed by atoms with E-state index in [1.165, 1.54) is 12.2 Å². The third-order valence-corrected chi connectivity index (χ3v) is 4.54. The van der Waals surface area contributed by atoms with Gasteiger partial charge in [0.25, 0.3) is 0 Å². The van der Waals surface area contributed by atoms with Gasteiger partial charge in [0, 0.05) is 11.3 Å². The van der Waals surface area contributed by atoms with E-state index in [0.29, 0.717) is 6.04 Å². The summed E-state index contributed by atoms with van der Waals surface area (Å²) in [5, 5.41) is 7.14. The molecule has 0 aromatic heterocycles. The summed E-state index contributed by atoms with van der Waals surface area (Å²) in [5.41, 5.74) is -0.454. The van der Waals surface area contributed by atoms with Crippen molar-refractivity contribution in [1.29, 1.82) is 0 Å². The van der Waals surface area contributed by atoms with Crippen LogP contribution >= 0.6 is 11.8 Å². The Morgan fingerprint density at radius 2 is 2.06 bits per heavy atom. The third-order valence-electron chi connectivity index (χ3n) is 3.31. The Bertz CT molecular complexity index is 256. The summed E-state index contributed by atoms with van der Waals surface area (Å²) >= 11 is 2.02. The maximum absolute atomic E-state index is 12.1. The topological polar surface area (TPSA) is 41.1 Å². The van der Waals surface area contributed by atoms with Crippen LogP contribution in [0.15, 0.2) is 0 Å². The van der Waals surface area contributed by atoms with Gasteiger partial charge in [-0.25, -0.2) is 0 Å². The van der Waals surface area contributed by atoms with Crippen molar-refractivity contribution in [2.75, 3.05) is 12.3 Å². The molecule has 1 aliphatic rings. The molecule has 0 bridgehead atoms. The fraction of sp³-hybridized carbons (Fsp3) is 0.923. The van der Waals surface area contributed by atoms with E-state index in [1.807, 2.05) is 32.5 Å². The third kappa shape index (κ3) is 4.51. The number of thioether (sulfide) groups is 1. The van der Waals surface area contributed by atoms with E-state index in [0.717, 1.165) is 24.6 Å². The van der Waals surface area contributed by atoms with Crippen LogP contribution in [-0.4, -0.2) is 35.0 Å². The van der Waals surface area contributed by atoms with Gasteiger partial charge in [0.1, 0.15) is 0 Å². The van der Waals surface area contributed by atoms with Crippen LogP contribution in [0.5, 0.6) is 0 Å². The average molecular weight is 258 g/mol. The second kappa shape index (κ2) is 6.64. The highest BCUT2D eigenvalue weighted by atomic mass is 32.2. The largest absolute Gasteiger partial charge is 0.352 e. The lowest BCUT2D eigenvalue weighted by atomic mass is 10.0. The molecule has 100 valence electrons. The predicted molar refractivity (Wildman–Crippen MR) is 75.5 cm³/mol. The highest BCUT2D eigenvalue weighted by molar-refractivity contribution is 7.99. The maximum atomic E-state index is 12.1. The number of rotatable bonds is 6. The minimum Gasteiger partial charge on any atom is -0.352 e. The first-order chi connectivity index (χ1) is 7.99. The molecule has 0 aromatic carbocycles. The molecule has 2 atom stereocenters. The van der Waals surface area contributed by atoms with Crippen LogP contribution in [0.1, 0.15) is 47.0 Å². The van der Waals surface area contributed by atoms with Crippen LogP contribution in [0.3, 0.4) is 0 Å². The van der Waals surface area contributed by atoms with Gasteiger partial charge in [-0.2, -0.15) is 11.8 Å². The second-order valence-corrected chi connectivity index (χ2v) is 6.79. The van der Waals surface area contributed by atoms with Gasteiger partial charge < -0.3 is 10.6 Å². The molecule has 2 N–H and O–H groups in total. The number of hydrogen-bond donors (Lipinski definition) is 2. The molecule has 1 saturated carbocycles. The standard InChI is InChI=1S/C13H26N2OS/c1-5-14-13(3,4)12(16)15-10-7-8-11(9-10)17-6-2/h10-11,14H,5-9H2,1-4H3,(H,15,16). The molecule has 0 spiro atoms. The van der Waals surface area contributed by atoms with Gasteiger partial charge in [-0.05, 0) is 45.4 Å². The number of hydrogen-bond acceptors (Lipinski definition) is 3. The van der Waals surface area contributed by atoms with Gasteiger partial charge in [0.2, 0.25) is 5.91 Å². The number of carbonyl (C=O) groups excluding carboxylic acids is 1. The lowest BCUT2D eigenvalue weighted by molar-refractivity contribution is -0.127. The van der Waals surface area contributed by atoms with E-state index < -0.39 is 5.54 Å². The fourth-order valence-corrected chi connectivity index (χ4v) is 3.49. The van der Waals surface area contributed by atoms with Gasteiger partial charge in [-0.15, -0.1) is 0 Å². The van der Waals surface area contributed by atoms with Crippen molar-refractivity contribution in [3.63, 3.8) is 0 Å². The lowest BCUT2D eigenvalue weighted by Crippen LogP contribution is -2.54. The Labute approximate surface area is 109 Å². The Hall–Kier alpha value is -0.220. The van der Waals surface area contributed by atoms with Crippen molar-refractivity contribution >= 4 is 17.7 Å².